The van der Waals surface area contributed by atoms with Gasteiger partial charge in [-0.05, 0) is 35.4 Å². The Morgan fingerprint density at radius 2 is 1.54 bits per heavy atom. The molecule has 2 fully saturated rings. The number of aliphatic hydroxyl groups is 4. The first kappa shape index (κ1) is 37.4. The summed E-state index contributed by atoms with van der Waals surface area (Å²) < 4.78 is 15.9. The minimum atomic E-state index is -2.11. The predicted molar refractivity (Wildman–Crippen MR) is 161 cm³/mol. The van der Waals surface area contributed by atoms with Crippen LogP contribution in [-0.4, -0.2) is 132 Å². The summed E-state index contributed by atoms with van der Waals surface area (Å²) in [5, 5.41) is 73.1. The van der Waals surface area contributed by atoms with Crippen molar-refractivity contribution in [3.63, 3.8) is 0 Å². The number of benzene rings is 2. The molecule has 0 radical (unpaired) electrons. The van der Waals surface area contributed by atoms with Gasteiger partial charge in [-0.1, -0.05) is 24.3 Å². The van der Waals surface area contributed by atoms with E-state index < -0.39 is 90.8 Å². The van der Waals surface area contributed by atoms with Gasteiger partial charge in [0.2, 0.25) is 18.4 Å². The van der Waals surface area contributed by atoms with Crippen molar-refractivity contribution in [1.29, 1.82) is 0 Å². The molecular weight excluding hydrogens is 672 g/mol. The molecule has 2 heterocycles. The SMILES string of the molecule is N[C@@H](CCOc1ccc([C@H](O)C(=O)NC2(NC=O)CN([C@@H](C(=O)O)c3ccc(O[C@H]4O[C@@H](C(=O)O)[C@H](O)[C@@H](O)[C@@H]4O)cc3)C2=O)cc1)C(=O)O. The van der Waals surface area contributed by atoms with Crippen molar-refractivity contribution in [1.82, 2.24) is 15.5 Å². The molecule has 2 aliphatic heterocycles. The molecule has 2 aromatic rings. The van der Waals surface area contributed by atoms with Crippen LogP contribution in [0, 0.1) is 0 Å². The molecule has 50 heavy (non-hydrogen) atoms. The molecule has 270 valence electrons. The van der Waals surface area contributed by atoms with Gasteiger partial charge in [-0.3, -0.25) is 19.2 Å². The average Bonchev–Trinajstić information content (AvgIpc) is 3.08. The van der Waals surface area contributed by atoms with Crippen LogP contribution in [0.2, 0.25) is 0 Å². The standard InChI is InChI=1S/C30H34N4O16/c31-17(25(41)42)9-10-48-15-5-3-14(4-6-15)19(36)24(40)33-30(32-12-35)11-34(29(30)47)18(26(43)44)13-1-7-16(8-2-13)49-28-22(39)20(37)21(38)23(50-28)27(45)46/h1-8,12,17-23,28,36-39H,9-11,31H2,(H,32,35)(H,33,40)(H,41,42)(H,43,44)(H,45,46)/t17-,18+,19-,20+,21+,22-,23+,28-,30?/m0/s1. The molecule has 2 aromatic carbocycles. The third kappa shape index (κ3) is 7.91. The topological polar surface area (TPSA) is 325 Å². The third-order valence-corrected chi connectivity index (χ3v) is 7.94. The maximum Gasteiger partial charge on any atom is 0.335 e. The Balaban J connectivity index is 1.41. The van der Waals surface area contributed by atoms with Crippen LogP contribution in [0.3, 0.4) is 0 Å². The fraction of sp³-hybridized carbons (Fsp3) is 0.400. The molecule has 2 saturated heterocycles. The maximum absolute atomic E-state index is 13.4. The second-order valence-corrected chi connectivity index (χ2v) is 11.3. The molecule has 0 saturated carbocycles. The molecule has 9 atom stereocenters. The van der Waals surface area contributed by atoms with E-state index in [1.54, 1.807) is 0 Å². The number of aliphatic hydroxyl groups excluding tert-OH is 4. The lowest BCUT2D eigenvalue weighted by Gasteiger charge is -2.50. The number of carboxylic acids is 3. The molecule has 11 N–H and O–H groups in total. The van der Waals surface area contributed by atoms with Crippen LogP contribution >= 0.6 is 0 Å². The van der Waals surface area contributed by atoms with Crippen molar-refractivity contribution in [2.24, 2.45) is 5.73 Å². The van der Waals surface area contributed by atoms with Gasteiger partial charge in [0.25, 0.3) is 11.8 Å². The highest BCUT2D eigenvalue weighted by Gasteiger charge is 2.57. The average molecular weight is 707 g/mol. The number of carbonyl (C=O) groups excluding carboxylic acids is 3. The Bertz CT molecular complexity index is 1590. The maximum atomic E-state index is 13.4. The fourth-order valence-corrected chi connectivity index (χ4v) is 5.17. The zero-order valence-electron chi connectivity index (χ0n) is 25.8. The first-order chi connectivity index (χ1) is 23.6. The van der Waals surface area contributed by atoms with Gasteiger partial charge in [-0.2, -0.15) is 0 Å². The molecular formula is C30H34N4O16. The summed E-state index contributed by atoms with van der Waals surface area (Å²) in [5.41, 5.74) is 3.38. The van der Waals surface area contributed by atoms with Gasteiger partial charge in [0.15, 0.2) is 18.2 Å². The van der Waals surface area contributed by atoms with Gasteiger partial charge in [0.1, 0.15) is 35.9 Å². The highest BCUT2D eigenvalue weighted by molar-refractivity contribution is 6.00. The summed E-state index contributed by atoms with van der Waals surface area (Å²) >= 11 is 0. The molecule has 4 rings (SSSR count). The van der Waals surface area contributed by atoms with E-state index in [0.29, 0.717) is 0 Å². The van der Waals surface area contributed by atoms with Crippen LogP contribution in [0.1, 0.15) is 29.7 Å². The van der Waals surface area contributed by atoms with Crippen molar-refractivity contribution in [3.8, 4) is 11.5 Å². The third-order valence-electron chi connectivity index (χ3n) is 7.94. The van der Waals surface area contributed by atoms with Crippen molar-refractivity contribution in [2.45, 2.75) is 61.0 Å². The monoisotopic (exact) mass is 706 g/mol. The number of hydrogen-bond acceptors (Lipinski definition) is 14. The van der Waals surface area contributed by atoms with Crippen LogP contribution < -0.4 is 25.8 Å². The summed E-state index contributed by atoms with van der Waals surface area (Å²) in [4.78, 5) is 73.0. The number of nitrogens with one attached hydrogen (secondary N) is 2. The lowest BCUT2D eigenvalue weighted by atomic mass is 9.92. The summed E-state index contributed by atoms with van der Waals surface area (Å²) in [6, 6.07) is 7.53. The summed E-state index contributed by atoms with van der Waals surface area (Å²) in [7, 11) is 0. The Morgan fingerprint density at radius 3 is 2.08 bits per heavy atom. The Labute approximate surface area is 281 Å². The Morgan fingerprint density at radius 1 is 0.940 bits per heavy atom. The molecule has 20 heteroatoms. The van der Waals surface area contributed by atoms with Crippen LogP contribution in [0.5, 0.6) is 11.5 Å². The van der Waals surface area contributed by atoms with Crippen molar-refractivity contribution < 1.29 is 78.7 Å². The van der Waals surface area contributed by atoms with Gasteiger partial charge in [-0.15, -0.1) is 0 Å². The van der Waals surface area contributed by atoms with Gasteiger partial charge < -0.3 is 71.2 Å². The molecule has 20 nitrogen and oxygen atoms in total. The predicted octanol–water partition coefficient (Wildman–Crippen LogP) is -3.60. The number of nitrogens with zero attached hydrogens (tertiary/aromatic N) is 1. The minimum Gasteiger partial charge on any atom is -0.494 e. The zero-order valence-corrected chi connectivity index (χ0v) is 25.8. The largest absolute Gasteiger partial charge is 0.494 e. The Kier molecular flexibility index (Phi) is 11.6. The second kappa shape index (κ2) is 15.4. The van der Waals surface area contributed by atoms with E-state index in [9.17, 15) is 59.4 Å². The number of amides is 3. The van der Waals surface area contributed by atoms with E-state index in [1.165, 1.54) is 48.5 Å². The molecule has 3 amide bonds. The molecule has 1 unspecified atom stereocenters. The van der Waals surface area contributed by atoms with Gasteiger partial charge in [-0.25, -0.2) is 9.59 Å². The van der Waals surface area contributed by atoms with Crippen LogP contribution in [-0.2, 0) is 33.5 Å². The molecule has 0 bridgehead atoms. The van der Waals surface area contributed by atoms with Crippen LogP contribution in [0.4, 0.5) is 0 Å². The minimum absolute atomic E-state index is 0.0143. The number of hydrogen-bond donors (Lipinski definition) is 10. The van der Waals surface area contributed by atoms with E-state index in [-0.39, 0.29) is 42.1 Å². The van der Waals surface area contributed by atoms with Crippen molar-refractivity contribution in [3.05, 3.63) is 59.7 Å². The fourth-order valence-electron chi connectivity index (χ4n) is 5.17. The molecule has 0 spiro atoms. The molecule has 2 aliphatic rings. The van der Waals surface area contributed by atoms with E-state index >= 15 is 0 Å². The highest BCUT2D eigenvalue weighted by Crippen LogP contribution is 2.34. The van der Waals surface area contributed by atoms with Crippen molar-refractivity contribution in [2.75, 3.05) is 13.2 Å². The van der Waals surface area contributed by atoms with Crippen LogP contribution in [0.25, 0.3) is 0 Å². The zero-order chi connectivity index (χ0) is 36.9. The summed E-state index contributed by atoms with van der Waals surface area (Å²) in [6.45, 7) is -0.558. The smallest absolute Gasteiger partial charge is 0.335 e. The second-order valence-electron chi connectivity index (χ2n) is 11.3. The highest BCUT2D eigenvalue weighted by atomic mass is 16.7. The number of carboxylic acid groups (broad SMARTS) is 3. The van der Waals surface area contributed by atoms with E-state index in [4.69, 9.17) is 25.1 Å². The number of ether oxygens (including phenoxy) is 3. The number of β-lactam (4-membered cyclic amide) rings is 1. The van der Waals surface area contributed by atoms with Crippen molar-refractivity contribution >= 4 is 36.1 Å². The lowest BCUT2D eigenvalue weighted by Crippen LogP contribution is -2.81. The number of likely N-dealkylation sites (tertiary alicyclic amines) is 1. The molecule has 0 aliphatic carbocycles. The first-order valence-corrected chi connectivity index (χ1v) is 14.8. The quantitative estimate of drug-likeness (QED) is 0.0458. The molecule has 0 aromatic heterocycles. The number of rotatable bonds is 16. The lowest BCUT2D eigenvalue weighted by molar-refractivity contribution is -0.271. The summed E-state index contributed by atoms with van der Waals surface area (Å²) in [5.74, 6) is -6.26. The first-order valence-electron chi connectivity index (χ1n) is 14.8. The van der Waals surface area contributed by atoms with Crippen LogP contribution in [0.15, 0.2) is 48.5 Å². The van der Waals surface area contributed by atoms with Gasteiger partial charge in [0, 0.05) is 6.42 Å². The van der Waals surface area contributed by atoms with Gasteiger partial charge in [0.05, 0.1) is 13.2 Å². The number of nitrogens with two attached hydrogens (primary N) is 1. The Hall–Kier alpha value is -5.38. The van der Waals surface area contributed by atoms with E-state index in [1.807, 2.05) is 0 Å². The van der Waals surface area contributed by atoms with E-state index in [2.05, 4.69) is 10.6 Å². The number of carbonyl (C=O) groups is 6. The van der Waals surface area contributed by atoms with Gasteiger partial charge >= 0.3 is 17.9 Å². The number of aliphatic carboxylic acids is 3. The van der Waals surface area contributed by atoms with E-state index in [0.717, 1.165) is 4.90 Å². The normalized spacial score (nSPS) is 26.4. The summed E-state index contributed by atoms with van der Waals surface area (Å²) in [6.07, 6.45) is -11.1.